The van der Waals surface area contributed by atoms with Gasteiger partial charge in [-0.2, -0.15) is 0 Å². The van der Waals surface area contributed by atoms with E-state index in [2.05, 4.69) is 12.2 Å². The predicted molar refractivity (Wildman–Crippen MR) is 67.6 cm³/mol. The lowest BCUT2D eigenvalue weighted by molar-refractivity contribution is -0.126. The fourth-order valence-electron chi connectivity index (χ4n) is 2.66. The van der Waals surface area contributed by atoms with Crippen LogP contribution in [0, 0.1) is 5.92 Å². The molecule has 0 aromatic rings. The van der Waals surface area contributed by atoms with E-state index in [1.54, 1.807) is 0 Å². The Morgan fingerprint density at radius 3 is 2.62 bits per heavy atom. The molecule has 0 spiro atoms. The third-order valence-electron chi connectivity index (χ3n) is 3.85. The van der Waals surface area contributed by atoms with Crippen molar-refractivity contribution in [2.75, 3.05) is 0 Å². The van der Waals surface area contributed by atoms with Crippen molar-refractivity contribution in [1.29, 1.82) is 0 Å². The van der Waals surface area contributed by atoms with Crippen molar-refractivity contribution < 1.29 is 4.79 Å². The van der Waals surface area contributed by atoms with Crippen LogP contribution in [0.4, 0.5) is 0 Å². The minimum Gasteiger partial charge on any atom is -0.351 e. The molecule has 0 saturated heterocycles. The maximum absolute atomic E-state index is 11.9. The number of halogens is 1. The fraction of sp³-hybridized carbons (Fsp3) is 0.917. The van der Waals surface area contributed by atoms with Gasteiger partial charge in [0.05, 0.1) is 5.54 Å². The van der Waals surface area contributed by atoms with E-state index in [4.69, 9.17) is 5.73 Å². The molecule has 2 rings (SSSR count). The minimum atomic E-state index is -0.542. The van der Waals surface area contributed by atoms with E-state index in [1.807, 2.05) is 0 Å². The van der Waals surface area contributed by atoms with Crippen LogP contribution in [0.3, 0.4) is 0 Å². The van der Waals surface area contributed by atoms with Gasteiger partial charge in [-0.3, -0.25) is 4.79 Å². The number of carbonyl (C=O) groups excluding carboxylic acids is 1. The van der Waals surface area contributed by atoms with Crippen molar-refractivity contribution in [2.24, 2.45) is 11.7 Å². The summed E-state index contributed by atoms with van der Waals surface area (Å²) in [7, 11) is 0. The van der Waals surface area contributed by atoms with Crippen molar-refractivity contribution in [3.05, 3.63) is 0 Å². The Kier molecular flexibility index (Phi) is 4.62. The summed E-state index contributed by atoms with van der Waals surface area (Å²) in [5.41, 5.74) is 5.54. The molecule has 4 heteroatoms. The van der Waals surface area contributed by atoms with Crippen molar-refractivity contribution in [3.8, 4) is 0 Å². The molecule has 16 heavy (non-hydrogen) atoms. The average Bonchev–Trinajstić information content (AvgIpc) is 2.76. The quantitative estimate of drug-likeness (QED) is 0.797. The topological polar surface area (TPSA) is 55.1 Å². The van der Waals surface area contributed by atoms with Crippen LogP contribution in [0.15, 0.2) is 0 Å². The molecule has 2 unspecified atom stereocenters. The van der Waals surface area contributed by atoms with Crippen LogP contribution in [0.5, 0.6) is 0 Å². The molecule has 94 valence electrons. The summed E-state index contributed by atoms with van der Waals surface area (Å²) in [5, 5.41) is 3.11. The van der Waals surface area contributed by atoms with Gasteiger partial charge in [0, 0.05) is 6.04 Å². The Balaban J connectivity index is 0.00000128. The molecule has 2 aliphatic carbocycles. The molecule has 3 N–H and O–H groups in total. The zero-order chi connectivity index (χ0) is 10.9. The van der Waals surface area contributed by atoms with Crippen LogP contribution in [0.25, 0.3) is 0 Å². The van der Waals surface area contributed by atoms with Crippen molar-refractivity contribution in [2.45, 2.75) is 63.5 Å². The second kappa shape index (κ2) is 5.37. The first-order valence-electron chi connectivity index (χ1n) is 6.25. The summed E-state index contributed by atoms with van der Waals surface area (Å²) in [6.07, 6.45) is 7.55. The lowest BCUT2D eigenvalue weighted by Gasteiger charge is -2.22. The van der Waals surface area contributed by atoms with Gasteiger partial charge in [-0.05, 0) is 31.6 Å². The average molecular weight is 247 g/mol. The molecule has 0 radical (unpaired) electrons. The van der Waals surface area contributed by atoms with E-state index < -0.39 is 5.54 Å². The molecule has 0 aliphatic heterocycles. The van der Waals surface area contributed by atoms with Gasteiger partial charge in [-0.1, -0.05) is 26.2 Å². The maximum atomic E-state index is 11.9. The summed E-state index contributed by atoms with van der Waals surface area (Å²) < 4.78 is 0. The molecular weight excluding hydrogens is 224 g/mol. The second-order valence-corrected chi connectivity index (χ2v) is 5.23. The maximum Gasteiger partial charge on any atom is 0.240 e. The first-order chi connectivity index (χ1) is 7.15. The summed E-state index contributed by atoms with van der Waals surface area (Å²) in [4.78, 5) is 11.9. The molecule has 2 fully saturated rings. The van der Waals surface area contributed by atoms with Crippen molar-refractivity contribution in [3.63, 3.8) is 0 Å². The lowest BCUT2D eigenvalue weighted by Crippen LogP contribution is -2.52. The van der Waals surface area contributed by atoms with Crippen LogP contribution in [-0.4, -0.2) is 17.5 Å². The largest absolute Gasteiger partial charge is 0.351 e. The van der Waals surface area contributed by atoms with Crippen LogP contribution in [-0.2, 0) is 4.79 Å². The molecular formula is C12H23ClN2O. The van der Waals surface area contributed by atoms with E-state index in [0.29, 0.717) is 6.04 Å². The van der Waals surface area contributed by atoms with E-state index in [1.165, 1.54) is 12.8 Å². The monoisotopic (exact) mass is 246 g/mol. The standard InChI is InChI=1S/C12H22N2O.ClH/c1-2-5-9-8-10(9)14-11(15)12(13)6-3-4-7-12;/h9-10H,2-8,13H2,1H3,(H,14,15);1H. The number of amides is 1. The lowest BCUT2D eigenvalue weighted by atomic mass is 9.98. The third-order valence-corrected chi connectivity index (χ3v) is 3.85. The zero-order valence-corrected chi connectivity index (χ0v) is 10.8. The SMILES string of the molecule is CCCC1CC1NC(=O)C1(N)CCCC1.Cl. The van der Waals surface area contributed by atoms with Crippen molar-refractivity contribution >= 4 is 18.3 Å². The molecule has 2 atom stereocenters. The molecule has 0 aromatic carbocycles. The fourth-order valence-corrected chi connectivity index (χ4v) is 2.66. The number of hydrogen-bond donors (Lipinski definition) is 2. The Morgan fingerprint density at radius 1 is 1.44 bits per heavy atom. The van der Waals surface area contributed by atoms with Gasteiger partial charge in [-0.25, -0.2) is 0 Å². The summed E-state index contributed by atoms with van der Waals surface area (Å²) in [6.45, 7) is 2.19. The Hall–Kier alpha value is -0.280. The molecule has 3 nitrogen and oxygen atoms in total. The Labute approximate surface area is 104 Å². The van der Waals surface area contributed by atoms with Crippen LogP contribution in [0.2, 0.25) is 0 Å². The number of rotatable bonds is 4. The highest BCUT2D eigenvalue weighted by molar-refractivity contribution is 5.86. The highest BCUT2D eigenvalue weighted by Gasteiger charge is 2.43. The van der Waals surface area contributed by atoms with Gasteiger partial charge in [-0.15, -0.1) is 12.4 Å². The molecule has 1 amide bonds. The first-order valence-corrected chi connectivity index (χ1v) is 6.25. The number of carbonyl (C=O) groups is 1. The van der Waals surface area contributed by atoms with Crippen molar-refractivity contribution in [1.82, 2.24) is 5.32 Å². The first kappa shape index (κ1) is 13.8. The van der Waals surface area contributed by atoms with Gasteiger partial charge >= 0.3 is 0 Å². The zero-order valence-electron chi connectivity index (χ0n) is 10.00. The van der Waals surface area contributed by atoms with Gasteiger partial charge in [0.2, 0.25) is 5.91 Å². The Morgan fingerprint density at radius 2 is 2.06 bits per heavy atom. The normalized spacial score (nSPS) is 30.6. The minimum absolute atomic E-state index is 0. The van der Waals surface area contributed by atoms with Gasteiger partial charge in [0.1, 0.15) is 0 Å². The predicted octanol–water partition coefficient (Wildman–Crippen LogP) is 1.98. The van der Waals surface area contributed by atoms with E-state index >= 15 is 0 Å². The second-order valence-electron chi connectivity index (χ2n) is 5.23. The van der Waals surface area contributed by atoms with E-state index in [9.17, 15) is 4.79 Å². The number of nitrogens with two attached hydrogens (primary N) is 1. The van der Waals surface area contributed by atoms with Crippen LogP contribution < -0.4 is 11.1 Å². The summed E-state index contributed by atoms with van der Waals surface area (Å²) >= 11 is 0. The van der Waals surface area contributed by atoms with E-state index in [-0.39, 0.29) is 18.3 Å². The summed E-state index contributed by atoms with van der Waals surface area (Å²) in [5.74, 6) is 0.826. The molecule has 0 bridgehead atoms. The van der Waals surface area contributed by atoms with Crippen LogP contribution >= 0.6 is 12.4 Å². The number of nitrogens with one attached hydrogen (secondary N) is 1. The highest BCUT2D eigenvalue weighted by Crippen LogP contribution is 2.36. The molecule has 0 heterocycles. The molecule has 0 aromatic heterocycles. The van der Waals surface area contributed by atoms with E-state index in [0.717, 1.165) is 38.0 Å². The smallest absolute Gasteiger partial charge is 0.240 e. The van der Waals surface area contributed by atoms with Gasteiger partial charge in [0.25, 0.3) is 0 Å². The molecule has 2 aliphatic rings. The number of hydrogen-bond acceptors (Lipinski definition) is 2. The third kappa shape index (κ3) is 2.89. The highest BCUT2D eigenvalue weighted by atomic mass is 35.5. The Bertz CT molecular complexity index is 251. The van der Waals surface area contributed by atoms with Gasteiger partial charge < -0.3 is 11.1 Å². The van der Waals surface area contributed by atoms with Gasteiger partial charge in [0.15, 0.2) is 0 Å². The summed E-state index contributed by atoms with van der Waals surface area (Å²) in [6, 6.07) is 0.429. The van der Waals surface area contributed by atoms with Crippen LogP contribution in [0.1, 0.15) is 51.9 Å². The molecule has 2 saturated carbocycles.